The summed E-state index contributed by atoms with van der Waals surface area (Å²) in [5, 5.41) is 89.9. The average molecular weight is 1260 g/mol. The fourth-order valence-corrected chi connectivity index (χ4v) is 11.9. The number of Topliss-reactive ketones (excluding diaryl/α,β-unsaturated/α-hetero) is 2. The summed E-state index contributed by atoms with van der Waals surface area (Å²) >= 11 is 0.842. The predicted octanol–water partition coefficient (Wildman–Crippen LogP) is -0.497. The zero-order valence-electron chi connectivity index (χ0n) is 49.3. The molecular weight excluding hydrogens is 1180 g/mol. The van der Waals surface area contributed by atoms with Crippen molar-refractivity contribution >= 4 is 70.4 Å². The van der Waals surface area contributed by atoms with Crippen LogP contribution >= 0.6 is 11.8 Å². The number of rotatable bonds is 27. The number of carbonyl (C=O) groups is 9. The van der Waals surface area contributed by atoms with Crippen molar-refractivity contribution in [3.05, 3.63) is 87.5 Å². The highest BCUT2D eigenvalue weighted by atomic mass is 32.2. The summed E-state index contributed by atoms with van der Waals surface area (Å²) < 4.78 is 18.6. The Bertz CT molecular complexity index is 3460. The van der Waals surface area contributed by atoms with Crippen molar-refractivity contribution in [2.75, 3.05) is 26.0 Å². The minimum Gasteiger partial charge on any atom is -0.507 e. The Labute approximate surface area is 513 Å². The second kappa shape index (κ2) is 28.7. The lowest BCUT2D eigenvalue weighted by Crippen LogP contribution is -2.57. The van der Waals surface area contributed by atoms with E-state index >= 15 is 0 Å². The molecule has 19 N–H and O–H groups in total. The minimum atomic E-state index is -2.46. The molecule has 2 heterocycles. The van der Waals surface area contributed by atoms with E-state index in [-0.39, 0.29) is 106 Å². The van der Waals surface area contributed by atoms with Crippen molar-refractivity contribution in [2.45, 2.75) is 144 Å². The quantitative estimate of drug-likeness (QED) is 0.0104. The zero-order chi connectivity index (χ0) is 65.5. The molecule has 7 rings (SSSR count). The number of ketones is 4. The summed E-state index contributed by atoms with van der Waals surface area (Å²) in [6, 6.07) is 4.80. The molecule has 0 bridgehead atoms. The van der Waals surface area contributed by atoms with E-state index < -0.39 is 161 Å². The molecule has 1 aliphatic heterocycles. The molecule has 1 aromatic heterocycles. The van der Waals surface area contributed by atoms with Gasteiger partial charge in [-0.2, -0.15) is 0 Å². The molecule has 1 fully saturated rings. The number of benzene rings is 3. The van der Waals surface area contributed by atoms with Crippen LogP contribution in [0.1, 0.15) is 132 Å². The van der Waals surface area contributed by atoms with Crippen molar-refractivity contribution in [1.82, 2.24) is 25.8 Å². The van der Waals surface area contributed by atoms with E-state index in [4.69, 9.17) is 37.1 Å². The summed E-state index contributed by atoms with van der Waals surface area (Å²) in [5.41, 5.74) is 18.0. The number of hydrogen-bond acceptors (Lipinski definition) is 22. The van der Waals surface area contributed by atoms with Crippen LogP contribution < -0.4 is 48.9 Å². The number of ether oxygens (including phenoxy) is 3. The normalized spacial score (nSPS) is 21.1. The van der Waals surface area contributed by atoms with Crippen molar-refractivity contribution in [1.29, 1.82) is 0 Å². The van der Waals surface area contributed by atoms with Crippen molar-refractivity contribution in [2.24, 2.45) is 33.8 Å². The maximum atomic E-state index is 14.1. The number of methoxy groups -OCH3 is 1. The van der Waals surface area contributed by atoms with Crippen LogP contribution in [0, 0.1) is 5.92 Å². The number of carbonyl (C=O) groups excluding carboxylic acids is 9. The van der Waals surface area contributed by atoms with Gasteiger partial charge in [-0.25, -0.2) is 0 Å². The van der Waals surface area contributed by atoms with Gasteiger partial charge in [0, 0.05) is 66.3 Å². The standard InChI is InChI=1S/C59H74N10O19S/c1-6-25(2)47(26(3)71)68-56(83)34(15-16-40(61)73)66-55(82)33(13-9-17-64-58(62)63)65-54(81)32(60)24-89-38-20-41(74)69(57(38)84)29-11-7-10-28(18-29)53(80)67-35-19-42(87-27(4)48(35)75)88-37-22-59(85,39(72)23-70)21-31-44(37)52(79)46-45(50(31)77)49(76)30-12-8-14-36(86-5)43(30)51(46)78/h7-8,10-12,14,18,20,25,27,32-35,37,42,47-48,70,74-75,77,79,84-85H,6,9,13,15-17,19,21-24,60H2,1-5H3,(H2,61,73)(H,65,81)(H,66,82)(H,67,80)(H,68,83)(H4,62,63,64)/t25?,27-,32-,33-,34-,35-,37-,42?,47-,48+,59-/m0/s1. The minimum absolute atomic E-state index is 0.00317. The third kappa shape index (κ3) is 14.9. The molecule has 0 saturated carbocycles. The highest BCUT2D eigenvalue weighted by molar-refractivity contribution is 7.99. The van der Waals surface area contributed by atoms with Gasteiger partial charge in [0.2, 0.25) is 35.3 Å². The summed E-state index contributed by atoms with van der Waals surface area (Å²) in [4.78, 5) is 125. The Hall–Kier alpha value is -8.65. The van der Waals surface area contributed by atoms with Gasteiger partial charge in [0.1, 0.15) is 47.6 Å². The Morgan fingerprint density at radius 2 is 1.56 bits per heavy atom. The number of fused-ring (bicyclic) bond motifs is 3. The lowest BCUT2D eigenvalue weighted by molar-refractivity contribution is -0.249. The number of guanidine groups is 1. The molecule has 3 aromatic carbocycles. The van der Waals surface area contributed by atoms with E-state index in [1.807, 2.05) is 6.92 Å². The smallest absolute Gasteiger partial charge is 0.251 e. The number of aromatic hydroxyl groups is 4. The molecule has 2 aliphatic carbocycles. The molecule has 4 aromatic rings. The van der Waals surface area contributed by atoms with Gasteiger partial charge in [-0.1, -0.05) is 38.5 Å². The van der Waals surface area contributed by atoms with Crippen molar-refractivity contribution in [3.63, 3.8) is 0 Å². The zero-order valence-corrected chi connectivity index (χ0v) is 50.1. The molecule has 480 valence electrons. The van der Waals surface area contributed by atoms with Gasteiger partial charge in [0.15, 0.2) is 35.5 Å². The number of nitrogens with one attached hydrogen (secondary N) is 4. The first kappa shape index (κ1) is 67.9. The number of primary amides is 1. The molecule has 5 amide bonds. The number of amides is 5. The molecule has 0 radical (unpaired) electrons. The fraction of sp³-hybridized carbons (Fsp3) is 0.458. The predicted molar refractivity (Wildman–Crippen MR) is 317 cm³/mol. The molecule has 30 heteroatoms. The van der Waals surface area contributed by atoms with E-state index in [1.165, 1.54) is 69.5 Å². The second-order valence-corrected chi connectivity index (χ2v) is 23.2. The Morgan fingerprint density at radius 1 is 0.899 bits per heavy atom. The highest BCUT2D eigenvalue weighted by Gasteiger charge is 2.51. The number of aromatic nitrogens is 1. The number of aliphatic hydroxyl groups is 3. The Kier molecular flexibility index (Phi) is 21.9. The van der Waals surface area contributed by atoms with Crippen LogP contribution in [0.4, 0.5) is 0 Å². The lowest BCUT2D eigenvalue weighted by Gasteiger charge is -2.43. The average Bonchev–Trinajstić information content (AvgIpc) is 1.22. The van der Waals surface area contributed by atoms with Gasteiger partial charge in [0.25, 0.3) is 5.91 Å². The first-order valence-corrected chi connectivity index (χ1v) is 29.5. The summed E-state index contributed by atoms with van der Waals surface area (Å²) in [7, 11) is 1.27. The maximum absolute atomic E-state index is 14.1. The van der Waals surface area contributed by atoms with Gasteiger partial charge < -0.3 is 94.2 Å². The second-order valence-electron chi connectivity index (χ2n) is 22.1. The Morgan fingerprint density at radius 3 is 2.21 bits per heavy atom. The third-order valence-corrected chi connectivity index (χ3v) is 17.1. The monoisotopic (exact) mass is 1260 g/mol. The van der Waals surface area contributed by atoms with Crippen LogP contribution in [0.5, 0.6) is 29.0 Å². The molecule has 2 unspecified atom stereocenters. The highest BCUT2D eigenvalue weighted by Crippen LogP contribution is 2.53. The number of phenolic OH excluding ortho intramolecular Hbond substituents is 2. The van der Waals surface area contributed by atoms with Crippen molar-refractivity contribution in [3.8, 4) is 34.7 Å². The van der Waals surface area contributed by atoms with E-state index in [0.29, 0.717) is 6.42 Å². The number of aliphatic imine (C=N–C) groups is 1. The SMILES string of the molecule is CCC(C)[C@H](NC(=O)[C@H](CCC(N)=O)NC(=O)[C@H](CCCN=C(N)N)NC(=O)[C@@H](N)CSc1cc(O)n(-c2cccc(C(=O)N[C@H]3CC(O[C@H]4C[C@](O)(C(=O)CO)Cc5c(O)c6c(c(O)c54)C(=O)c4c(OC)cccc4C6=O)O[C@@H](C)[C@H]3O)c2)c1O)C(C)=O. The molecule has 0 spiro atoms. The molecule has 89 heavy (non-hydrogen) atoms. The van der Waals surface area contributed by atoms with Crippen LogP contribution in [0.15, 0.2) is 58.4 Å². The van der Waals surface area contributed by atoms with Crippen LogP contribution in [-0.2, 0) is 44.7 Å². The van der Waals surface area contributed by atoms with E-state index in [1.54, 1.807) is 6.92 Å². The van der Waals surface area contributed by atoms with E-state index in [9.17, 15) is 78.9 Å². The molecular formula is C59H74N10O19S. The van der Waals surface area contributed by atoms with Crippen molar-refractivity contribution < 1.29 is 93.1 Å². The van der Waals surface area contributed by atoms with Gasteiger partial charge in [-0.15, -0.1) is 11.8 Å². The summed E-state index contributed by atoms with van der Waals surface area (Å²) in [6.45, 7) is 5.24. The first-order chi connectivity index (χ1) is 42.0. The van der Waals surface area contributed by atoms with Crippen LogP contribution in [0.3, 0.4) is 0 Å². The van der Waals surface area contributed by atoms with Gasteiger partial charge in [0.05, 0.1) is 64.7 Å². The summed E-state index contributed by atoms with van der Waals surface area (Å²) in [6.07, 6.45) is -7.16. The topological polar surface area (TPSA) is 492 Å². The Balaban J connectivity index is 1.05. The van der Waals surface area contributed by atoms with E-state index in [0.717, 1.165) is 16.3 Å². The van der Waals surface area contributed by atoms with E-state index in [2.05, 4.69) is 26.3 Å². The van der Waals surface area contributed by atoms with Gasteiger partial charge in [-0.3, -0.25) is 52.7 Å². The lowest BCUT2D eigenvalue weighted by atomic mass is 9.72. The largest absolute Gasteiger partial charge is 0.507 e. The fourth-order valence-electron chi connectivity index (χ4n) is 11.0. The number of phenols is 2. The van der Waals surface area contributed by atoms with Gasteiger partial charge in [-0.05, 0) is 63.3 Å². The number of nitrogens with zero attached hydrogens (tertiary/aromatic N) is 2. The number of aliphatic hydroxyl groups excluding tert-OH is 2. The van der Waals surface area contributed by atoms with Crippen LogP contribution in [-0.4, -0.2) is 179 Å². The van der Waals surface area contributed by atoms with Gasteiger partial charge >= 0.3 is 0 Å². The molecule has 1 saturated heterocycles. The number of nitrogens with two attached hydrogens (primary N) is 4. The summed E-state index contributed by atoms with van der Waals surface area (Å²) in [5.74, 6) is -10.6. The number of hydrogen-bond donors (Lipinski definition) is 15. The number of thioether (sulfide) groups is 1. The molecule has 3 aliphatic rings. The maximum Gasteiger partial charge on any atom is 0.251 e. The first-order valence-electron chi connectivity index (χ1n) is 28.5. The van der Waals surface area contributed by atoms with Crippen LogP contribution in [0.2, 0.25) is 0 Å². The van der Waals surface area contributed by atoms with Crippen LogP contribution in [0.25, 0.3) is 5.69 Å². The molecule has 11 atom stereocenters. The molecule has 29 nitrogen and oxygen atoms in total. The third-order valence-electron chi connectivity index (χ3n) is 16.0.